The number of nitrogens with one attached hydrogen (secondary N) is 1. The zero-order chi connectivity index (χ0) is 18.1. The summed E-state index contributed by atoms with van der Waals surface area (Å²) in [6.45, 7) is 3.94. The van der Waals surface area contributed by atoms with Crippen LogP contribution in [0, 0.1) is 5.82 Å². The number of rotatable bonds is 4. The first-order valence-electron chi connectivity index (χ1n) is 7.73. The highest BCUT2D eigenvalue weighted by Crippen LogP contribution is 2.29. The third kappa shape index (κ3) is 3.85. The van der Waals surface area contributed by atoms with Gasteiger partial charge in [0.15, 0.2) is 0 Å². The van der Waals surface area contributed by atoms with E-state index in [0.29, 0.717) is 17.9 Å². The Morgan fingerprint density at radius 1 is 1.36 bits per heavy atom. The van der Waals surface area contributed by atoms with Gasteiger partial charge in [-0.3, -0.25) is 4.79 Å². The van der Waals surface area contributed by atoms with Crippen molar-refractivity contribution in [3.8, 4) is 11.4 Å². The molecular formula is C18H16BrClFN3O. The molecule has 0 fully saturated rings. The van der Waals surface area contributed by atoms with Gasteiger partial charge in [-0.05, 0) is 43.3 Å². The molecule has 25 heavy (non-hydrogen) atoms. The Morgan fingerprint density at radius 3 is 2.80 bits per heavy atom. The summed E-state index contributed by atoms with van der Waals surface area (Å²) < 4.78 is 16.4. The average molecular weight is 425 g/mol. The summed E-state index contributed by atoms with van der Waals surface area (Å²) in [6.07, 6.45) is 0. The van der Waals surface area contributed by atoms with E-state index in [0.717, 1.165) is 15.5 Å². The molecule has 3 aromatic rings. The molecule has 0 aliphatic carbocycles. The zero-order valence-electron chi connectivity index (χ0n) is 13.7. The monoisotopic (exact) mass is 423 g/mol. The van der Waals surface area contributed by atoms with Gasteiger partial charge >= 0.3 is 0 Å². The van der Waals surface area contributed by atoms with Crippen LogP contribution >= 0.6 is 27.5 Å². The van der Waals surface area contributed by atoms with E-state index >= 15 is 0 Å². The number of halogens is 3. The van der Waals surface area contributed by atoms with Crippen LogP contribution in [0.3, 0.4) is 0 Å². The number of fused-ring (bicyclic) bond motifs is 1. The SMILES string of the molecule is CC(=O)NC(C)Cn1c(-c2ccc(F)c(Cl)c2)nc2cc(Br)ccc21. The van der Waals surface area contributed by atoms with Crippen molar-refractivity contribution in [3.63, 3.8) is 0 Å². The number of benzene rings is 2. The Labute approximate surface area is 158 Å². The van der Waals surface area contributed by atoms with Crippen molar-refractivity contribution in [1.29, 1.82) is 0 Å². The number of hydrogen-bond acceptors (Lipinski definition) is 2. The van der Waals surface area contributed by atoms with Crippen molar-refractivity contribution in [1.82, 2.24) is 14.9 Å². The lowest BCUT2D eigenvalue weighted by Crippen LogP contribution is -2.34. The first-order valence-corrected chi connectivity index (χ1v) is 8.90. The second-order valence-corrected chi connectivity index (χ2v) is 7.23. The van der Waals surface area contributed by atoms with Crippen LogP contribution in [0.4, 0.5) is 4.39 Å². The van der Waals surface area contributed by atoms with E-state index in [1.165, 1.54) is 13.0 Å². The smallest absolute Gasteiger partial charge is 0.217 e. The van der Waals surface area contributed by atoms with Gasteiger partial charge in [0, 0.05) is 29.5 Å². The van der Waals surface area contributed by atoms with Crippen LogP contribution in [0.15, 0.2) is 40.9 Å². The second kappa shape index (κ2) is 7.14. The fraction of sp³-hybridized carbons (Fsp3) is 0.222. The Kier molecular flexibility index (Phi) is 5.11. The van der Waals surface area contributed by atoms with Crippen molar-refractivity contribution in [2.24, 2.45) is 0 Å². The van der Waals surface area contributed by atoms with Crippen LogP contribution in [-0.4, -0.2) is 21.5 Å². The van der Waals surface area contributed by atoms with Crippen molar-refractivity contribution >= 4 is 44.5 Å². The highest BCUT2D eigenvalue weighted by atomic mass is 79.9. The van der Waals surface area contributed by atoms with Crippen LogP contribution in [0.5, 0.6) is 0 Å². The molecule has 1 unspecified atom stereocenters. The molecule has 3 rings (SSSR count). The second-order valence-electron chi connectivity index (χ2n) is 5.91. The van der Waals surface area contributed by atoms with Crippen LogP contribution in [0.1, 0.15) is 13.8 Å². The molecule has 0 saturated carbocycles. The molecule has 1 amide bonds. The van der Waals surface area contributed by atoms with Gasteiger partial charge in [-0.25, -0.2) is 9.37 Å². The highest BCUT2D eigenvalue weighted by Gasteiger charge is 2.16. The molecule has 0 spiro atoms. The maximum atomic E-state index is 13.5. The molecule has 1 heterocycles. The molecule has 0 bridgehead atoms. The largest absolute Gasteiger partial charge is 0.352 e. The summed E-state index contributed by atoms with van der Waals surface area (Å²) in [7, 11) is 0. The third-order valence-corrected chi connectivity index (χ3v) is 4.58. The van der Waals surface area contributed by atoms with Gasteiger partial charge in [-0.2, -0.15) is 0 Å². The van der Waals surface area contributed by atoms with Crippen molar-refractivity contribution in [3.05, 3.63) is 51.7 Å². The fourth-order valence-electron chi connectivity index (χ4n) is 2.81. The van der Waals surface area contributed by atoms with Gasteiger partial charge in [0.25, 0.3) is 0 Å². The molecule has 0 radical (unpaired) electrons. The Balaban J connectivity index is 2.13. The summed E-state index contributed by atoms with van der Waals surface area (Å²) >= 11 is 9.39. The van der Waals surface area contributed by atoms with Gasteiger partial charge in [0.1, 0.15) is 11.6 Å². The lowest BCUT2D eigenvalue weighted by atomic mass is 10.2. The molecule has 1 atom stereocenters. The summed E-state index contributed by atoms with van der Waals surface area (Å²) in [5, 5.41) is 2.92. The third-order valence-electron chi connectivity index (χ3n) is 3.79. The van der Waals surface area contributed by atoms with Gasteiger partial charge in [0.2, 0.25) is 5.91 Å². The Morgan fingerprint density at radius 2 is 2.12 bits per heavy atom. The summed E-state index contributed by atoms with van der Waals surface area (Å²) in [4.78, 5) is 16.0. The van der Waals surface area contributed by atoms with E-state index in [1.807, 2.05) is 29.7 Å². The minimum atomic E-state index is -0.470. The maximum Gasteiger partial charge on any atom is 0.217 e. The van der Waals surface area contributed by atoms with Crippen molar-refractivity contribution < 1.29 is 9.18 Å². The Bertz CT molecular complexity index is 957. The number of aromatic nitrogens is 2. The van der Waals surface area contributed by atoms with Crippen LogP contribution < -0.4 is 5.32 Å². The first-order chi connectivity index (χ1) is 11.8. The molecule has 4 nitrogen and oxygen atoms in total. The van der Waals surface area contributed by atoms with Crippen molar-refractivity contribution in [2.45, 2.75) is 26.4 Å². The summed E-state index contributed by atoms with van der Waals surface area (Å²) in [6, 6.07) is 10.3. The number of imidazole rings is 1. The van der Waals surface area contributed by atoms with E-state index in [2.05, 4.69) is 26.2 Å². The number of amides is 1. The van der Waals surface area contributed by atoms with Crippen LogP contribution in [-0.2, 0) is 11.3 Å². The Hall–Kier alpha value is -1.92. The number of nitrogens with zero attached hydrogens (tertiary/aromatic N) is 2. The summed E-state index contributed by atoms with van der Waals surface area (Å²) in [5.41, 5.74) is 2.45. The van der Waals surface area contributed by atoms with Crippen LogP contribution in [0.2, 0.25) is 5.02 Å². The first kappa shape index (κ1) is 17.9. The van der Waals surface area contributed by atoms with Gasteiger partial charge in [-0.1, -0.05) is 27.5 Å². The molecule has 7 heteroatoms. The fourth-order valence-corrected chi connectivity index (χ4v) is 3.34. The predicted octanol–water partition coefficient (Wildman–Crippen LogP) is 4.78. The molecule has 0 saturated heterocycles. The highest BCUT2D eigenvalue weighted by molar-refractivity contribution is 9.10. The predicted molar refractivity (Wildman–Crippen MR) is 101 cm³/mol. The molecule has 130 valence electrons. The normalized spacial score (nSPS) is 12.4. The van der Waals surface area contributed by atoms with Gasteiger partial charge in [-0.15, -0.1) is 0 Å². The van der Waals surface area contributed by atoms with E-state index in [9.17, 15) is 9.18 Å². The molecule has 1 aromatic heterocycles. The van der Waals surface area contributed by atoms with Gasteiger partial charge < -0.3 is 9.88 Å². The zero-order valence-corrected chi connectivity index (χ0v) is 16.0. The number of carbonyl (C=O) groups is 1. The average Bonchev–Trinajstić information content (AvgIpc) is 2.87. The van der Waals surface area contributed by atoms with E-state index in [-0.39, 0.29) is 17.0 Å². The number of carbonyl (C=O) groups excluding carboxylic acids is 1. The molecular weight excluding hydrogens is 409 g/mol. The lowest BCUT2D eigenvalue weighted by Gasteiger charge is -2.16. The standard InChI is InChI=1S/C18H16BrClFN3O/c1-10(22-11(2)25)9-24-17-6-4-13(19)8-16(17)23-18(24)12-3-5-15(21)14(20)7-12/h3-8,10H,9H2,1-2H3,(H,22,25). The maximum absolute atomic E-state index is 13.5. The number of hydrogen-bond donors (Lipinski definition) is 1. The quantitative estimate of drug-likeness (QED) is 0.655. The van der Waals surface area contributed by atoms with Crippen molar-refractivity contribution in [2.75, 3.05) is 0 Å². The van der Waals surface area contributed by atoms with E-state index in [1.54, 1.807) is 12.1 Å². The molecule has 0 aliphatic rings. The minimum Gasteiger partial charge on any atom is -0.352 e. The topological polar surface area (TPSA) is 46.9 Å². The molecule has 0 aliphatic heterocycles. The van der Waals surface area contributed by atoms with E-state index < -0.39 is 5.82 Å². The summed E-state index contributed by atoms with van der Waals surface area (Å²) in [5.74, 6) is 0.112. The molecule has 1 N–H and O–H groups in total. The minimum absolute atomic E-state index is 0.0483. The van der Waals surface area contributed by atoms with Gasteiger partial charge in [0.05, 0.1) is 16.1 Å². The molecule has 2 aromatic carbocycles. The van der Waals surface area contributed by atoms with Crippen LogP contribution in [0.25, 0.3) is 22.4 Å². The van der Waals surface area contributed by atoms with E-state index in [4.69, 9.17) is 11.6 Å². The lowest BCUT2D eigenvalue weighted by molar-refractivity contribution is -0.119.